The van der Waals surface area contributed by atoms with Gasteiger partial charge in [0.25, 0.3) is 0 Å². The predicted molar refractivity (Wildman–Crippen MR) is 214 cm³/mol. The highest BCUT2D eigenvalue weighted by atomic mass is 14.7. The molecule has 9 rings (SSSR count). The third-order valence-electron chi connectivity index (χ3n) is 10.5. The van der Waals surface area contributed by atoms with E-state index in [0.717, 1.165) is 33.6 Å². The summed E-state index contributed by atoms with van der Waals surface area (Å²) in [6.45, 7) is 4.68. The Hall–Kier alpha value is -6.31. The number of nitrogens with zero attached hydrogens (tertiary/aromatic N) is 1. The Balaban J connectivity index is 1.19. The lowest BCUT2D eigenvalue weighted by molar-refractivity contribution is 0.660. The van der Waals surface area contributed by atoms with E-state index >= 15 is 0 Å². The summed E-state index contributed by atoms with van der Waals surface area (Å²) in [6, 6.07) is 67.9. The Morgan fingerprint density at radius 3 is 1.55 bits per heavy atom. The zero-order chi connectivity index (χ0) is 34.4. The normalized spacial score (nSPS) is 12.7. The molecule has 0 spiro atoms. The van der Waals surface area contributed by atoms with E-state index in [9.17, 15) is 0 Å². The molecule has 0 amide bonds. The van der Waals surface area contributed by atoms with Gasteiger partial charge in [-0.1, -0.05) is 172 Å². The standard InChI is InChI=1S/C50H37N/c1-50(2)46-24-13-12-23-43(46)45-31-38(26-28-47(45)50)37-25-27-42(35-17-8-4-9-18-35)44(30-37)39-21-14-22-40(29-39)49-33-41(34-15-6-3-7-16-34)32-48(51-49)36-19-10-5-11-20-36/h3-33H,1-2H3. The van der Waals surface area contributed by atoms with E-state index in [1.165, 1.54) is 55.6 Å². The molecule has 242 valence electrons. The van der Waals surface area contributed by atoms with Crippen molar-refractivity contribution < 1.29 is 0 Å². The summed E-state index contributed by atoms with van der Waals surface area (Å²) in [5.41, 5.74) is 19.1. The summed E-state index contributed by atoms with van der Waals surface area (Å²) in [5, 5.41) is 0. The molecule has 0 saturated carbocycles. The van der Waals surface area contributed by atoms with Crippen LogP contribution in [0.5, 0.6) is 0 Å². The van der Waals surface area contributed by atoms with E-state index in [-0.39, 0.29) is 5.41 Å². The maximum Gasteiger partial charge on any atom is 0.0715 e. The number of hydrogen-bond acceptors (Lipinski definition) is 1. The van der Waals surface area contributed by atoms with Crippen LogP contribution in [-0.4, -0.2) is 4.98 Å². The van der Waals surface area contributed by atoms with Gasteiger partial charge < -0.3 is 0 Å². The first-order chi connectivity index (χ1) is 25.0. The zero-order valence-electron chi connectivity index (χ0n) is 28.8. The van der Waals surface area contributed by atoms with Gasteiger partial charge in [-0.2, -0.15) is 0 Å². The molecule has 1 heteroatoms. The lowest BCUT2D eigenvalue weighted by atomic mass is 9.82. The molecular weight excluding hydrogens is 615 g/mol. The second-order valence-electron chi connectivity index (χ2n) is 14.0. The molecule has 1 aromatic heterocycles. The molecule has 51 heavy (non-hydrogen) atoms. The van der Waals surface area contributed by atoms with Crippen molar-refractivity contribution in [3.63, 3.8) is 0 Å². The van der Waals surface area contributed by atoms with Crippen molar-refractivity contribution in [2.24, 2.45) is 0 Å². The molecule has 7 aromatic carbocycles. The van der Waals surface area contributed by atoms with Crippen molar-refractivity contribution in [3.05, 3.63) is 199 Å². The van der Waals surface area contributed by atoms with Crippen LogP contribution in [0.3, 0.4) is 0 Å². The molecular formula is C50H37N. The number of fused-ring (bicyclic) bond motifs is 3. The SMILES string of the molecule is CC1(C)c2ccccc2-c2cc(-c3ccc(-c4ccccc4)c(-c4cccc(-c5cc(-c6ccccc6)cc(-c6ccccc6)n5)c4)c3)ccc21. The summed E-state index contributed by atoms with van der Waals surface area (Å²) in [7, 11) is 0. The van der Waals surface area contributed by atoms with Gasteiger partial charge in [-0.15, -0.1) is 0 Å². The van der Waals surface area contributed by atoms with Gasteiger partial charge in [-0.3, -0.25) is 0 Å². The Morgan fingerprint density at radius 2 is 0.824 bits per heavy atom. The van der Waals surface area contributed by atoms with Crippen LogP contribution >= 0.6 is 0 Å². The second kappa shape index (κ2) is 12.5. The van der Waals surface area contributed by atoms with E-state index in [4.69, 9.17) is 4.98 Å². The predicted octanol–water partition coefficient (Wildman–Crippen LogP) is 13.4. The lowest BCUT2D eigenvalue weighted by Gasteiger charge is -2.21. The van der Waals surface area contributed by atoms with Gasteiger partial charge in [-0.25, -0.2) is 4.98 Å². The Labute approximate surface area is 300 Å². The maximum absolute atomic E-state index is 5.24. The minimum absolute atomic E-state index is 0.0144. The Kier molecular flexibility index (Phi) is 7.55. The highest BCUT2D eigenvalue weighted by Crippen LogP contribution is 2.50. The Bertz CT molecular complexity index is 2470. The van der Waals surface area contributed by atoms with Crippen molar-refractivity contribution in [1.82, 2.24) is 4.98 Å². The van der Waals surface area contributed by atoms with Crippen molar-refractivity contribution >= 4 is 0 Å². The molecule has 0 atom stereocenters. The Morgan fingerprint density at radius 1 is 0.294 bits per heavy atom. The van der Waals surface area contributed by atoms with Gasteiger partial charge >= 0.3 is 0 Å². The molecule has 0 aliphatic heterocycles. The van der Waals surface area contributed by atoms with Crippen LogP contribution in [0, 0.1) is 0 Å². The van der Waals surface area contributed by atoms with E-state index in [2.05, 4.69) is 202 Å². The molecule has 1 aliphatic carbocycles. The minimum Gasteiger partial charge on any atom is -0.248 e. The quantitative estimate of drug-likeness (QED) is 0.174. The number of aromatic nitrogens is 1. The van der Waals surface area contributed by atoms with Crippen molar-refractivity contribution in [2.45, 2.75) is 19.3 Å². The largest absolute Gasteiger partial charge is 0.248 e. The van der Waals surface area contributed by atoms with Gasteiger partial charge in [0, 0.05) is 16.5 Å². The molecule has 1 aliphatic rings. The summed E-state index contributed by atoms with van der Waals surface area (Å²) in [5.74, 6) is 0. The molecule has 0 fully saturated rings. The van der Waals surface area contributed by atoms with Gasteiger partial charge in [-0.05, 0) is 97.1 Å². The van der Waals surface area contributed by atoms with E-state index < -0.39 is 0 Å². The highest BCUT2D eigenvalue weighted by molar-refractivity contribution is 5.90. The topological polar surface area (TPSA) is 12.9 Å². The number of rotatable bonds is 6. The minimum atomic E-state index is -0.0144. The fourth-order valence-corrected chi connectivity index (χ4v) is 7.81. The van der Waals surface area contributed by atoms with Crippen LogP contribution in [0.1, 0.15) is 25.0 Å². The fourth-order valence-electron chi connectivity index (χ4n) is 7.81. The zero-order valence-corrected chi connectivity index (χ0v) is 28.8. The molecule has 0 unspecified atom stereocenters. The summed E-state index contributed by atoms with van der Waals surface area (Å²) < 4.78 is 0. The first-order valence-corrected chi connectivity index (χ1v) is 17.7. The van der Waals surface area contributed by atoms with Crippen molar-refractivity contribution in [2.75, 3.05) is 0 Å². The van der Waals surface area contributed by atoms with E-state index in [1.807, 2.05) is 0 Å². The second-order valence-corrected chi connectivity index (χ2v) is 14.0. The maximum atomic E-state index is 5.24. The lowest BCUT2D eigenvalue weighted by Crippen LogP contribution is -2.14. The van der Waals surface area contributed by atoms with Crippen LogP contribution in [0.15, 0.2) is 188 Å². The fraction of sp³-hybridized carbons (Fsp3) is 0.0600. The van der Waals surface area contributed by atoms with Gasteiger partial charge in [0.15, 0.2) is 0 Å². The molecule has 1 heterocycles. The number of benzene rings is 7. The highest BCUT2D eigenvalue weighted by Gasteiger charge is 2.35. The monoisotopic (exact) mass is 651 g/mol. The first kappa shape index (κ1) is 30.7. The summed E-state index contributed by atoms with van der Waals surface area (Å²) in [4.78, 5) is 5.24. The van der Waals surface area contributed by atoms with Gasteiger partial charge in [0.1, 0.15) is 0 Å². The van der Waals surface area contributed by atoms with Crippen molar-refractivity contribution in [3.8, 4) is 78.1 Å². The third kappa shape index (κ3) is 5.58. The van der Waals surface area contributed by atoms with Crippen LogP contribution in [0.2, 0.25) is 0 Å². The van der Waals surface area contributed by atoms with Crippen LogP contribution < -0.4 is 0 Å². The average Bonchev–Trinajstić information content (AvgIpc) is 3.44. The molecule has 0 saturated heterocycles. The molecule has 0 radical (unpaired) electrons. The van der Waals surface area contributed by atoms with E-state index in [1.54, 1.807) is 0 Å². The molecule has 8 aromatic rings. The number of pyridine rings is 1. The van der Waals surface area contributed by atoms with Gasteiger partial charge in [0.2, 0.25) is 0 Å². The van der Waals surface area contributed by atoms with Crippen LogP contribution in [0.25, 0.3) is 78.1 Å². The van der Waals surface area contributed by atoms with E-state index in [0.29, 0.717) is 0 Å². The third-order valence-corrected chi connectivity index (χ3v) is 10.5. The average molecular weight is 652 g/mol. The smallest absolute Gasteiger partial charge is 0.0715 e. The summed E-state index contributed by atoms with van der Waals surface area (Å²) in [6.07, 6.45) is 0. The number of hydrogen-bond donors (Lipinski definition) is 0. The van der Waals surface area contributed by atoms with Gasteiger partial charge in [0.05, 0.1) is 11.4 Å². The van der Waals surface area contributed by atoms with Crippen LogP contribution in [-0.2, 0) is 5.41 Å². The van der Waals surface area contributed by atoms with Crippen LogP contribution in [0.4, 0.5) is 0 Å². The molecule has 1 nitrogen and oxygen atoms in total. The molecule has 0 N–H and O–H groups in total. The van der Waals surface area contributed by atoms with Crippen molar-refractivity contribution in [1.29, 1.82) is 0 Å². The molecule has 0 bridgehead atoms. The first-order valence-electron chi connectivity index (χ1n) is 17.7. The summed E-state index contributed by atoms with van der Waals surface area (Å²) >= 11 is 0.